The average Bonchev–Trinajstić information content (AvgIpc) is 3.27. The minimum Gasteiger partial charge on any atom is -0.368 e. The standard InChI is InChI=1S/C32H31ClFN5O2S2/c1-3-4-13-38-29(37-16-14-36(15-17-37)24-11-9-23(34)10-12-24)25(21(2)26(19-35)30(38)40)18-28-31(41)39(32(42)43-28)20-22-7-5-6-8-27(22)33/h5-12,18H,3-4,13-17,20H2,1-2H3/b28-18+. The summed E-state index contributed by atoms with van der Waals surface area (Å²) in [4.78, 5) is 33.6. The lowest BCUT2D eigenvalue weighted by atomic mass is 10.0. The summed E-state index contributed by atoms with van der Waals surface area (Å²) >= 11 is 13.2. The predicted octanol–water partition coefficient (Wildman–Crippen LogP) is 6.35. The van der Waals surface area contributed by atoms with Gasteiger partial charge in [-0.2, -0.15) is 5.26 Å². The molecule has 0 saturated carbocycles. The third kappa shape index (κ3) is 6.35. The van der Waals surface area contributed by atoms with E-state index in [-0.39, 0.29) is 29.4 Å². The molecule has 3 heterocycles. The van der Waals surface area contributed by atoms with Crippen molar-refractivity contribution in [3.63, 3.8) is 0 Å². The number of piperazine rings is 1. The first-order valence-corrected chi connectivity index (χ1v) is 15.8. The second-order valence-electron chi connectivity index (χ2n) is 10.5. The Kier molecular flexibility index (Phi) is 9.55. The van der Waals surface area contributed by atoms with Crippen molar-refractivity contribution in [2.24, 2.45) is 0 Å². The van der Waals surface area contributed by atoms with E-state index in [2.05, 4.69) is 22.8 Å². The van der Waals surface area contributed by atoms with E-state index in [1.165, 1.54) is 28.8 Å². The SMILES string of the molecule is CCCCn1c(N2CCN(c3ccc(F)cc3)CC2)c(/C=C2/SC(=S)N(Cc3ccccc3Cl)C2=O)c(C)c(C#N)c1=O. The Balaban J connectivity index is 1.54. The number of carbonyl (C=O) groups excluding carboxylic acids is 1. The van der Waals surface area contributed by atoms with Crippen LogP contribution in [0.5, 0.6) is 0 Å². The van der Waals surface area contributed by atoms with E-state index >= 15 is 0 Å². The molecular formula is C32H31ClFN5O2S2. The number of pyridine rings is 1. The molecule has 2 aromatic carbocycles. The molecule has 1 aromatic heterocycles. The van der Waals surface area contributed by atoms with Gasteiger partial charge >= 0.3 is 0 Å². The van der Waals surface area contributed by atoms with Crippen LogP contribution in [-0.2, 0) is 17.9 Å². The monoisotopic (exact) mass is 635 g/mol. The molecule has 2 aliphatic rings. The maximum Gasteiger partial charge on any atom is 0.270 e. The van der Waals surface area contributed by atoms with Gasteiger partial charge in [-0.3, -0.25) is 19.1 Å². The van der Waals surface area contributed by atoms with Crippen molar-refractivity contribution in [3.8, 4) is 6.07 Å². The van der Waals surface area contributed by atoms with Gasteiger partial charge in [0.05, 0.1) is 11.4 Å². The van der Waals surface area contributed by atoms with E-state index < -0.39 is 0 Å². The molecule has 11 heteroatoms. The van der Waals surface area contributed by atoms with Crippen molar-refractivity contribution in [3.05, 3.63) is 96.9 Å². The number of halogens is 2. The molecule has 0 aliphatic carbocycles. The molecule has 0 bridgehead atoms. The molecule has 5 rings (SSSR count). The molecule has 3 aromatic rings. The first kappa shape index (κ1) is 30.8. The lowest BCUT2D eigenvalue weighted by Crippen LogP contribution is -2.48. The summed E-state index contributed by atoms with van der Waals surface area (Å²) in [5, 5.41) is 10.6. The Morgan fingerprint density at radius 2 is 1.74 bits per heavy atom. The van der Waals surface area contributed by atoms with Crippen LogP contribution >= 0.6 is 35.6 Å². The van der Waals surface area contributed by atoms with Gasteiger partial charge in [0.2, 0.25) is 0 Å². The van der Waals surface area contributed by atoms with Crippen LogP contribution in [0.15, 0.2) is 58.2 Å². The van der Waals surface area contributed by atoms with Gasteiger partial charge in [0.15, 0.2) is 0 Å². The van der Waals surface area contributed by atoms with Gasteiger partial charge in [-0.05, 0) is 60.9 Å². The van der Waals surface area contributed by atoms with Crippen LogP contribution < -0.4 is 15.4 Å². The highest BCUT2D eigenvalue weighted by atomic mass is 35.5. The Morgan fingerprint density at radius 1 is 1.07 bits per heavy atom. The lowest BCUT2D eigenvalue weighted by molar-refractivity contribution is -0.122. The summed E-state index contributed by atoms with van der Waals surface area (Å²) in [5.41, 5.74) is 2.67. The molecule has 0 spiro atoms. The number of nitrogens with zero attached hydrogens (tertiary/aromatic N) is 5. The maximum atomic E-state index is 13.7. The fourth-order valence-corrected chi connectivity index (χ4v) is 6.83. The van der Waals surface area contributed by atoms with Crippen LogP contribution in [0.4, 0.5) is 15.9 Å². The fraction of sp³-hybridized carbons (Fsp3) is 0.312. The summed E-state index contributed by atoms with van der Waals surface area (Å²) in [7, 11) is 0. The van der Waals surface area contributed by atoms with Crippen LogP contribution in [0.25, 0.3) is 6.08 Å². The smallest absolute Gasteiger partial charge is 0.270 e. The molecule has 0 atom stereocenters. The highest BCUT2D eigenvalue weighted by molar-refractivity contribution is 8.26. The number of anilines is 2. The van der Waals surface area contributed by atoms with Gasteiger partial charge in [0.1, 0.15) is 27.6 Å². The molecule has 0 radical (unpaired) electrons. The second-order valence-corrected chi connectivity index (χ2v) is 12.6. The normalized spacial score (nSPS) is 16.3. The number of nitriles is 1. The highest BCUT2D eigenvalue weighted by Gasteiger charge is 2.34. The van der Waals surface area contributed by atoms with Gasteiger partial charge in [0.25, 0.3) is 11.5 Å². The van der Waals surface area contributed by atoms with E-state index in [1.54, 1.807) is 35.8 Å². The van der Waals surface area contributed by atoms with Crippen molar-refractivity contribution in [1.29, 1.82) is 5.26 Å². The number of amides is 1. The Morgan fingerprint density at radius 3 is 2.40 bits per heavy atom. The van der Waals surface area contributed by atoms with Crippen molar-refractivity contribution >= 4 is 63.4 Å². The van der Waals surface area contributed by atoms with Crippen molar-refractivity contribution < 1.29 is 9.18 Å². The lowest BCUT2D eigenvalue weighted by Gasteiger charge is -2.39. The van der Waals surface area contributed by atoms with Gasteiger partial charge in [-0.25, -0.2) is 4.39 Å². The van der Waals surface area contributed by atoms with Crippen molar-refractivity contribution in [2.45, 2.75) is 39.8 Å². The van der Waals surface area contributed by atoms with E-state index in [0.717, 1.165) is 24.1 Å². The van der Waals surface area contributed by atoms with Crippen LogP contribution in [-0.4, -0.2) is 45.9 Å². The molecule has 1 amide bonds. The van der Waals surface area contributed by atoms with Gasteiger partial charge in [0, 0.05) is 49.0 Å². The topological polar surface area (TPSA) is 72.6 Å². The van der Waals surface area contributed by atoms with Gasteiger partial charge in [-0.15, -0.1) is 0 Å². The van der Waals surface area contributed by atoms with Crippen LogP contribution in [0.3, 0.4) is 0 Å². The number of thioether (sulfide) groups is 1. The van der Waals surface area contributed by atoms with Crippen LogP contribution in [0.1, 0.15) is 42.0 Å². The number of unbranched alkanes of at least 4 members (excludes halogenated alkanes) is 1. The number of thiocarbonyl (C=S) groups is 1. The molecule has 222 valence electrons. The fourth-order valence-electron chi connectivity index (χ4n) is 5.40. The second kappa shape index (κ2) is 13.3. The number of carbonyl (C=O) groups is 1. The molecule has 2 fully saturated rings. The van der Waals surface area contributed by atoms with Gasteiger partial charge < -0.3 is 9.80 Å². The number of aromatic nitrogens is 1. The van der Waals surface area contributed by atoms with Crippen LogP contribution in [0, 0.1) is 24.1 Å². The number of rotatable bonds is 8. The maximum absolute atomic E-state index is 13.7. The Hall–Kier alpha value is -3.65. The summed E-state index contributed by atoms with van der Waals surface area (Å²) < 4.78 is 15.6. The molecule has 7 nitrogen and oxygen atoms in total. The zero-order chi connectivity index (χ0) is 30.7. The number of benzene rings is 2. The summed E-state index contributed by atoms with van der Waals surface area (Å²) in [6.45, 7) is 7.03. The van der Waals surface area contributed by atoms with Crippen molar-refractivity contribution in [1.82, 2.24) is 9.47 Å². The Bertz CT molecular complexity index is 1690. The Labute approximate surface area is 265 Å². The summed E-state index contributed by atoms with van der Waals surface area (Å²) in [6.07, 6.45) is 3.41. The summed E-state index contributed by atoms with van der Waals surface area (Å²) in [6, 6.07) is 15.9. The first-order chi connectivity index (χ1) is 20.7. The number of hydrogen-bond acceptors (Lipinski definition) is 7. The van der Waals surface area contributed by atoms with Crippen LogP contribution in [0.2, 0.25) is 5.02 Å². The highest BCUT2D eigenvalue weighted by Crippen LogP contribution is 2.37. The van der Waals surface area contributed by atoms with E-state index in [9.17, 15) is 19.2 Å². The van der Waals surface area contributed by atoms with E-state index in [4.69, 9.17) is 23.8 Å². The number of hydrogen-bond donors (Lipinski definition) is 0. The van der Waals surface area contributed by atoms with Gasteiger partial charge in [-0.1, -0.05) is 67.1 Å². The zero-order valence-electron chi connectivity index (χ0n) is 24.0. The molecular weight excluding hydrogens is 605 g/mol. The molecule has 2 aliphatic heterocycles. The van der Waals surface area contributed by atoms with Crippen molar-refractivity contribution in [2.75, 3.05) is 36.0 Å². The van der Waals surface area contributed by atoms with E-state index in [0.29, 0.717) is 63.9 Å². The average molecular weight is 636 g/mol. The van der Waals surface area contributed by atoms with E-state index in [1.807, 2.05) is 18.2 Å². The third-order valence-electron chi connectivity index (χ3n) is 7.79. The predicted molar refractivity (Wildman–Crippen MR) is 176 cm³/mol. The minimum atomic E-state index is -0.326. The molecule has 0 N–H and O–H groups in total. The quantitative estimate of drug-likeness (QED) is 0.211. The zero-order valence-corrected chi connectivity index (χ0v) is 26.4. The summed E-state index contributed by atoms with van der Waals surface area (Å²) in [5.74, 6) is 0.175. The largest absolute Gasteiger partial charge is 0.368 e. The third-order valence-corrected chi connectivity index (χ3v) is 9.53. The first-order valence-electron chi connectivity index (χ1n) is 14.1. The molecule has 43 heavy (non-hydrogen) atoms. The molecule has 0 unspecified atom stereocenters. The minimum absolute atomic E-state index is 0.0718. The molecule has 2 saturated heterocycles.